The lowest BCUT2D eigenvalue weighted by Crippen LogP contribution is -1.88. The first-order valence-corrected chi connectivity index (χ1v) is 5.45. The quantitative estimate of drug-likeness (QED) is 0.468. The van der Waals surface area contributed by atoms with Gasteiger partial charge in [-0.25, -0.2) is 8.78 Å². The second-order valence-electron chi connectivity index (χ2n) is 3.80. The number of non-ortho nitro benzene ring substituents is 1. The molecule has 0 aliphatic heterocycles. The number of nitro groups is 1. The van der Waals surface area contributed by atoms with Gasteiger partial charge in [0.15, 0.2) is 11.7 Å². The van der Waals surface area contributed by atoms with Gasteiger partial charge in [0.2, 0.25) is 0 Å². The molecule has 0 heterocycles. The van der Waals surface area contributed by atoms with Crippen LogP contribution < -0.4 is 0 Å². The highest BCUT2D eigenvalue weighted by Crippen LogP contribution is 2.29. The largest absolute Gasteiger partial charge is 0.269 e. The molecular weight excluding hydrogens is 252 g/mol. The minimum absolute atomic E-state index is 0.0352. The van der Waals surface area contributed by atoms with Crippen molar-refractivity contribution in [3.8, 4) is 0 Å². The van der Waals surface area contributed by atoms with Gasteiger partial charge in [-0.1, -0.05) is 30.3 Å². The summed E-state index contributed by atoms with van der Waals surface area (Å²) in [6.07, 6.45) is 0. The van der Waals surface area contributed by atoms with E-state index in [4.69, 9.17) is 0 Å². The predicted octanol–water partition coefficient (Wildman–Crippen LogP) is 4.36. The topological polar surface area (TPSA) is 43.1 Å². The van der Waals surface area contributed by atoms with E-state index in [0.29, 0.717) is 0 Å². The first-order chi connectivity index (χ1) is 9.09. The molecular formula is C14H9F2NO2. The minimum Gasteiger partial charge on any atom is -0.258 e. The maximum Gasteiger partial charge on any atom is 0.269 e. The van der Waals surface area contributed by atoms with Crippen LogP contribution in [-0.4, -0.2) is 4.92 Å². The molecule has 0 radical (unpaired) electrons. The van der Waals surface area contributed by atoms with E-state index in [1.807, 2.05) is 0 Å². The van der Waals surface area contributed by atoms with Crippen molar-refractivity contribution in [2.75, 3.05) is 0 Å². The van der Waals surface area contributed by atoms with Gasteiger partial charge in [0.05, 0.1) is 4.92 Å². The fraction of sp³-hybridized carbons (Fsp3) is 0. The molecule has 5 heteroatoms. The average Bonchev–Trinajstić information content (AvgIpc) is 2.46. The minimum atomic E-state index is -1.04. The second-order valence-corrected chi connectivity index (χ2v) is 3.80. The van der Waals surface area contributed by atoms with Crippen LogP contribution in [0.3, 0.4) is 0 Å². The molecule has 0 unspecified atom stereocenters. The van der Waals surface area contributed by atoms with Gasteiger partial charge >= 0.3 is 0 Å². The molecule has 19 heavy (non-hydrogen) atoms. The van der Waals surface area contributed by atoms with Gasteiger partial charge in [0, 0.05) is 23.3 Å². The molecule has 0 atom stereocenters. The molecule has 3 nitrogen and oxygen atoms in total. The number of rotatable bonds is 3. The van der Waals surface area contributed by atoms with Crippen LogP contribution in [0.2, 0.25) is 0 Å². The first kappa shape index (κ1) is 12.9. The lowest BCUT2D eigenvalue weighted by Gasteiger charge is -2.01. The van der Waals surface area contributed by atoms with Crippen molar-refractivity contribution in [3.63, 3.8) is 0 Å². The molecule has 2 aromatic carbocycles. The van der Waals surface area contributed by atoms with Gasteiger partial charge in [-0.3, -0.25) is 10.1 Å². The summed E-state index contributed by atoms with van der Waals surface area (Å²) in [4.78, 5) is 9.86. The molecule has 0 aromatic heterocycles. The molecule has 0 aliphatic carbocycles. The van der Waals surface area contributed by atoms with E-state index in [-0.39, 0.29) is 16.8 Å². The van der Waals surface area contributed by atoms with E-state index >= 15 is 0 Å². The van der Waals surface area contributed by atoms with Gasteiger partial charge in [-0.2, -0.15) is 0 Å². The molecule has 0 N–H and O–H groups in total. The number of halogens is 2. The number of nitro benzene ring substituents is 1. The van der Waals surface area contributed by atoms with Crippen LogP contribution in [0.15, 0.2) is 54.6 Å². The Hall–Kier alpha value is -2.56. The van der Waals surface area contributed by atoms with Crippen LogP contribution in [0, 0.1) is 10.1 Å². The van der Waals surface area contributed by atoms with Gasteiger partial charge in [-0.05, 0) is 12.1 Å². The summed E-state index contributed by atoms with van der Waals surface area (Å²) >= 11 is 0. The van der Waals surface area contributed by atoms with Gasteiger partial charge in [0.25, 0.3) is 5.69 Å². The van der Waals surface area contributed by atoms with Crippen LogP contribution >= 0.6 is 0 Å². The normalized spacial score (nSPS) is 11.9. The Morgan fingerprint density at radius 3 is 1.79 bits per heavy atom. The van der Waals surface area contributed by atoms with Crippen molar-refractivity contribution in [1.82, 2.24) is 0 Å². The Labute approximate surface area is 108 Å². The second kappa shape index (κ2) is 5.39. The lowest BCUT2D eigenvalue weighted by atomic mass is 10.1. The van der Waals surface area contributed by atoms with Gasteiger partial charge < -0.3 is 0 Å². The van der Waals surface area contributed by atoms with Crippen molar-refractivity contribution in [2.45, 2.75) is 0 Å². The summed E-state index contributed by atoms with van der Waals surface area (Å²) < 4.78 is 27.7. The maximum absolute atomic E-state index is 13.9. The zero-order chi connectivity index (χ0) is 13.8. The summed E-state index contributed by atoms with van der Waals surface area (Å²) in [5, 5.41) is 10.5. The van der Waals surface area contributed by atoms with Crippen molar-refractivity contribution < 1.29 is 13.7 Å². The van der Waals surface area contributed by atoms with Crippen molar-refractivity contribution >= 4 is 17.3 Å². The number of hydrogen-bond acceptors (Lipinski definition) is 2. The van der Waals surface area contributed by atoms with E-state index in [1.165, 1.54) is 24.3 Å². The molecule has 2 aromatic rings. The van der Waals surface area contributed by atoms with Crippen molar-refractivity contribution in [3.05, 3.63) is 75.8 Å². The fourth-order valence-electron chi connectivity index (χ4n) is 1.57. The molecule has 0 spiro atoms. The summed E-state index contributed by atoms with van der Waals surface area (Å²) in [6, 6.07) is 12.4. The molecule has 0 bridgehead atoms. The highest BCUT2D eigenvalue weighted by Gasteiger charge is 2.12. The standard InChI is InChI=1S/C14H9F2NO2/c15-13(10-4-2-1-3-5-10)14(16)11-6-8-12(9-7-11)17(18)19/h1-9H/b14-13+. The third-order valence-electron chi connectivity index (χ3n) is 2.55. The summed E-state index contributed by atoms with van der Waals surface area (Å²) in [5.74, 6) is -2.03. The molecule has 0 saturated heterocycles. The average molecular weight is 261 g/mol. The summed E-state index contributed by atoms with van der Waals surface area (Å²) in [7, 11) is 0. The molecule has 0 aliphatic rings. The van der Waals surface area contributed by atoms with Gasteiger partial charge in [-0.15, -0.1) is 0 Å². The number of benzene rings is 2. The zero-order valence-corrected chi connectivity index (χ0v) is 9.72. The molecule has 96 valence electrons. The van der Waals surface area contributed by atoms with Crippen LogP contribution in [-0.2, 0) is 0 Å². The molecule has 0 amide bonds. The van der Waals surface area contributed by atoms with Gasteiger partial charge in [0.1, 0.15) is 0 Å². The number of nitrogens with zero attached hydrogens (tertiary/aromatic N) is 1. The third-order valence-corrected chi connectivity index (χ3v) is 2.55. The monoisotopic (exact) mass is 261 g/mol. The summed E-state index contributed by atoms with van der Waals surface area (Å²) in [5.41, 5.74) is -0.0815. The SMILES string of the molecule is O=[N+]([O-])c1ccc(/C(F)=C(\F)c2ccccc2)cc1. The Morgan fingerprint density at radius 2 is 1.32 bits per heavy atom. The fourth-order valence-corrected chi connectivity index (χ4v) is 1.57. The Balaban J connectivity index is 2.38. The molecule has 0 saturated carbocycles. The Kier molecular flexibility index (Phi) is 3.66. The highest BCUT2D eigenvalue weighted by atomic mass is 19.2. The Bertz CT molecular complexity index is 622. The smallest absolute Gasteiger partial charge is 0.258 e. The van der Waals surface area contributed by atoms with E-state index in [0.717, 1.165) is 12.1 Å². The van der Waals surface area contributed by atoms with Crippen LogP contribution in [0.5, 0.6) is 0 Å². The van der Waals surface area contributed by atoms with Crippen LogP contribution in [0.25, 0.3) is 11.7 Å². The summed E-state index contributed by atoms with van der Waals surface area (Å²) in [6.45, 7) is 0. The number of hydrogen-bond donors (Lipinski definition) is 0. The maximum atomic E-state index is 13.9. The highest BCUT2D eigenvalue weighted by molar-refractivity contribution is 5.83. The lowest BCUT2D eigenvalue weighted by molar-refractivity contribution is -0.384. The van der Waals surface area contributed by atoms with E-state index in [9.17, 15) is 18.9 Å². The van der Waals surface area contributed by atoms with Crippen molar-refractivity contribution in [2.24, 2.45) is 0 Å². The molecule has 2 rings (SSSR count). The van der Waals surface area contributed by atoms with E-state index in [2.05, 4.69) is 0 Å². The first-order valence-electron chi connectivity index (χ1n) is 5.45. The van der Waals surface area contributed by atoms with Crippen LogP contribution in [0.4, 0.5) is 14.5 Å². The van der Waals surface area contributed by atoms with Crippen LogP contribution in [0.1, 0.15) is 11.1 Å². The molecule has 0 fully saturated rings. The Morgan fingerprint density at radius 1 is 0.842 bits per heavy atom. The van der Waals surface area contributed by atoms with E-state index in [1.54, 1.807) is 18.2 Å². The predicted molar refractivity (Wildman–Crippen MR) is 68.6 cm³/mol. The zero-order valence-electron chi connectivity index (χ0n) is 9.72. The van der Waals surface area contributed by atoms with E-state index < -0.39 is 16.6 Å². The third kappa shape index (κ3) is 2.82. The van der Waals surface area contributed by atoms with Crippen molar-refractivity contribution in [1.29, 1.82) is 0 Å².